The summed E-state index contributed by atoms with van der Waals surface area (Å²) in [5.74, 6) is 1.64. The van der Waals surface area contributed by atoms with Crippen LogP contribution in [0.5, 0.6) is 11.5 Å². The number of hydrogen-bond acceptors (Lipinski definition) is 6. The molecule has 7 nitrogen and oxygen atoms in total. The van der Waals surface area contributed by atoms with Gasteiger partial charge in [0.1, 0.15) is 11.5 Å². The normalized spacial score (nSPS) is 11.9. The topological polar surface area (TPSA) is 86.5 Å². The highest BCUT2D eigenvalue weighted by Gasteiger charge is 2.21. The number of aryl methyl sites for hydroxylation is 1. The van der Waals surface area contributed by atoms with Crippen molar-refractivity contribution in [1.29, 1.82) is 0 Å². The molecule has 0 aliphatic carbocycles. The van der Waals surface area contributed by atoms with E-state index in [0.717, 1.165) is 22.4 Å². The Morgan fingerprint density at radius 1 is 1.10 bits per heavy atom. The second-order valence-electron chi connectivity index (χ2n) is 7.36. The standard InChI is InChI=1S/C23H27N3O4/c1-6-28-18-10-8-17(9-11-18)21-22(26-30-25-21)24-23(27)16(5)29-20-13-15(4)7-12-19(20)14(2)3/h7-14,16H,6H2,1-5H3,(H,24,26,27)/t16-/m1/s1. The SMILES string of the molecule is CCOc1ccc(-c2nonc2NC(=O)[C@@H](C)Oc2cc(C)ccc2C(C)C)cc1. The minimum Gasteiger partial charge on any atom is -0.494 e. The first-order valence-electron chi connectivity index (χ1n) is 10.0. The fourth-order valence-electron chi connectivity index (χ4n) is 3.02. The maximum atomic E-state index is 12.7. The van der Waals surface area contributed by atoms with Crippen LogP contribution in [0.15, 0.2) is 47.1 Å². The van der Waals surface area contributed by atoms with E-state index in [4.69, 9.17) is 14.1 Å². The number of carbonyl (C=O) groups is 1. The zero-order chi connectivity index (χ0) is 21.7. The van der Waals surface area contributed by atoms with Gasteiger partial charge in [0.15, 0.2) is 11.8 Å². The van der Waals surface area contributed by atoms with Crippen molar-refractivity contribution in [2.24, 2.45) is 0 Å². The van der Waals surface area contributed by atoms with Gasteiger partial charge in [-0.1, -0.05) is 26.0 Å². The number of nitrogens with zero attached hydrogens (tertiary/aromatic N) is 2. The van der Waals surface area contributed by atoms with E-state index in [1.54, 1.807) is 6.92 Å². The predicted octanol–water partition coefficient (Wildman–Crippen LogP) is 4.97. The first-order chi connectivity index (χ1) is 14.4. The highest BCUT2D eigenvalue weighted by Crippen LogP contribution is 2.29. The number of carbonyl (C=O) groups excluding carboxylic acids is 1. The lowest BCUT2D eigenvalue weighted by molar-refractivity contribution is -0.122. The van der Waals surface area contributed by atoms with E-state index in [9.17, 15) is 4.79 Å². The van der Waals surface area contributed by atoms with Gasteiger partial charge in [-0.05, 0) is 78.5 Å². The van der Waals surface area contributed by atoms with Crippen molar-refractivity contribution < 1.29 is 18.9 Å². The number of benzene rings is 2. The van der Waals surface area contributed by atoms with Gasteiger partial charge < -0.3 is 14.8 Å². The third kappa shape index (κ3) is 4.97. The maximum Gasteiger partial charge on any atom is 0.266 e. The lowest BCUT2D eigenvalue weighted by Gasteiger charge is -2.19. The molecule has 0 aliphatic rings. The lowest BCUT2D eigenvalue weighted by Crippen LogP contribution is -2.30. The molecule has 0 bridgehead atoms. The second-order valence-corrected chi connectivity index (χ2v) is 7.36. The van der Waals surface area contributed by atoms with Crippen molar-refractivity contribution in [2.75, 3.05) is 11.9 Å². The van der Waals surface area contributed by atoms with Crippen LogP contribution in [0.3, 0.4) is 0 Å². The smallest absolute Gasteiger partial charge is 0.266 e. The zero-order valence-corrected chi connectivity index (χ0v) is 17.9. The van der Waals surface area contributed by atoms with E-state index >= 15 is 0 Å². The van der Waals surface area contributed by atoms with Crippen LogP contribution in [-0.2, 0) is 4.79 Å². The zero-order valence-electron chi connectivity index (χ0n) is 17.9. The largest absolute Gasteiger partial charge is 0.494 e. The van der Waals surface area contributed by atoms with Crippen LogP contribution in [0.2, 0.25) is 0 Å². The molecule has 1 N–H and O–H groups in total. The maximum absolute atomic E-state index is 12.7. The first-order valence-corrected chi connectivity index (χ1v) is 10.0. The van der Waals surface area contributed by atoms with Gasteiger partial charge in [0.05, 0.1) is 6.61 Å². The van der Waals surface area contributed by atoms with E-state index in [1.807, 2.05) is 56.3 Å². The Bertz CT molecular complexity index is 996. The van der Waals surface area contributed by atoms with Crippen molar-refractivity contribution in [1.82, 2.24) is 10.3 Å². The fraction of sp³-hybridized carbons (Fsp3) is 0.348. The number of nitrogens with one attached hydrogen (secondary N) is 1. The molecular weight excluding hydrogens is 382 g/mol. The molecule has 1 amide bonds. The number of hydrogen-bond donors (Lipinski definition) is 1. The first kappa shape index (κ1) is 21.4. The summed E-state index contributed by atoms with van der Waals surface area (Å²) in [6, 6.07) is 13.3. The Morgan fingerprint density at radius 2 is 1.83 bits per heavy atom. The number of ether oxygens (including phenoxy) is 2. The van der Waals surface area contributed by atoms with Gasteiger partial charge in [-0.15, -0.1) is 0 Å². The number of rotatable bonds is 8. The van der Waals surface area contributed by atoms with Crippen LogP contribution in [0.25, 0.3) is 11.3 Å². The molecule has 1 aromatic heterocycles. The monoisotopic (exact) mass is 409 g/mol. The highest BCUT2D eigenvalue weighted by atomic mass is 16.6. The molecule has 0 radical (unpaired) electrons. The molecule has 30 heavy (non-hydrogen) atoms. The van der Waals surface area contributed by atoms with E-state index in [-0.39, 0.29) is 17.6 Å². The molecule has 3 rings (SSSR count). The van der Waals surface area contributed by atoms with Gasteiger partial charge in [0.25, 0.3) is 5.91 Å². The van der Waals surface area contributed by atoms with Crippen molar-refractivity contribution in [3.63, 3.8) is 0 Å². The summed E-state index contributed by atoms with van der Waals surface area (Å²) >= 11 is 0. The summed E-state index contributed by atoms with van der Waals surface area (Å²) in [5.41, 5.74) is 3.32. The predicted molar refractivity (Wildman–Crippen MR) is 115 cm³/mol. The van der Waals surface area contributed by atoms with Crippen molar-refractivity contribution in [2.45, 2.75) is 46.6 Å². The summed E-state index contributed by atoms with van der Waals surface area (Å²) in [5, 5.41) is 10.5. The second kappa shape index (κ2) is 9.43. The van der Waals surface area contributed by atoms with Gasteiger partial charge in [-0.3, -0.25) is 4.79 Å². The summed E-state index contributed by atoms with van der Waals surface area (Å²) in [6.45, 7) is 10.4. The Hall–Kier alpha value is -3.35. The molecule has 1 heterocycles. The summed E-state index contributed by atoms with van der Waals surface area (Å²) in [7, 11) is 0. The molecule has 0 unspecified atom stereocenters. The average molecular weight is 409 g/mol. The highest BCUT2D eigenvalue weighted by molar-refractivity contribution is 5.96. The van der Waals surface area contributed by atoms with Gasteiger partial charge >= 0.3 is 0 Å². The van der Waals surface area contributed by atoms with E-state index in [2.05, 4.69) is 29.5 Å². The summed E-state index contributed by atoms with van der Waals surface area (Å²) in [4.78, 5) is 12.7. The van der Waals surface area contributed by atoms with Gasteiger partial charge in [-0.2, -0.15) is 0 Å². The van der Waals surface area contributed by atoms with Crippen LogP contribution in [0.4, 0.5) is 5.82 Å². The molecule has 3 aromatic rings. The third-order valence-electron chi connectivity index (χ3n) is 4.63. The molecular formula is C23H27N3O4. The fourth-order valence-corrected chi connectivity index (χ4v) is 3.02. The molecule has 158 valence electrons. The van der Waals surface area contributed by atoms with Gasteiger partial charge in [0, 0.05) is 5.56 Å². The van der Waals surface area contributed by atoms with Crippen LogP contribution in [0, 0.1) is 6.92 Å². The minimum atomic E-state index is -0.728. The third-order valence-corrected chi connectivity index (χ3v) is 4.63. The lowest BCUT2D eigenvalue weighted by atomic mass is 10.0. The Morgan fingerprint density at radius 3 is 2.50 bits per heavy atom. The average Bonchev–Trinajstić information content (AvgIpc) is 3.16. The van der Waals surface area contributed by atoms with E-state index < -0.39 is 6.10 Å². The van der Waals surface area contributed by atoms with E-state index in [1.165, 1.54) is 0 Å². The minimum absolute atomic E-state index is 0.243. The molecule has 1 atom stereocenters. The van der Waals surface area contributed by atoms with Crippen molar-refractivity contribution in [3.05, 3.63) is 53.6 Å². The Balaban J connectivity index is 1.73. The molecule has 0 aliphatic heterocycles. The van der Waals surface area contributed by atoms with Crippen LogP contribution in [-0.4, -0.2) is 28.9 Å². The molecule has 0 saturated heterocycles. The Kier molecular flexibility index (Phi) is 6.72. The van der Waals surface area contributed by atoms with Crippen molar-refractivity contribution in [3.8, 4) is 22.8 Å². The summed E-state index contributed by atoms with van der Waals surface area (Å²) in [6.07, 6.45) is -0.728. The van der Waals surface area contributed by atoms with Crippen molar-refractivity contribution >= 4 is 11.7 Å². The molecule has 0 fully saturated rings. The van der Waals surface area contributed by atoms with Crippen LogP contribution in [0.1, 0.15) is 44.7 Å². The van der Waals surface area contributed by atoms with Crippen LogP contribution < -0.4 is 14.8 Å². The molecule has 0 spiro atoms. The van der Waals surface area contributed by atoms with Crippen LogP contribution >= 0.6 is 0 Å². The van der Waals surface area contributed by atoms with Gasteiger partial charge in [-0.25, -0.2) is 4.63 Å². The number of aromatic nitrogens is 2. The number of amides is 1. The number of anilines is 1. The summed E-state index contributed by atoms with van der Waals surface area (Å²) < 4.78 is 16.3. The van der Waals surface area contributed by atoms with Gasteiger partial charge in [0.2, 0.25) is 5.82 Å². The molecule has 7 heteroatoms. The van der Waals surface area contributed by atoms with E-state index in [0.29, 0.717) is 18.1 Å². The molecule has 0 saturated carbocycles. The molecule has 2 aromatic carbocycles. The quantitative estimate of drug-likeness (QED) is 0.565. The Labute approximate surface area is 176 Å².